The van der Waals surface area contributed by atoms with Crippen molar-refractivity contribution in [3.63, 3.8) is 0 Å². The lowest BCUT2D eigenvalue weighted by Gasteiger charge is -2.31. The molecule has 1 saturated carbocycles. The molecule has 19 heavy (non-hydrogen) atoms. The number of nitrogens with zero attached hydrogens (tertiary/aromatic N) is 1. The molecule has 0 bridgehead atoms. The summed E-state index contributed by atoms with van der Waals surface area (Å²) >= 11 is 0. The van der Waals surface area contributed by atoms with Gasteiger partial charge >= 0.3 is 5.97 Å². The summed E-state index contributed by atoms with van der Waals surface area (Å²) in [7, 11) is 0. The molecule has 5 heteroatoms. The first kappa shape index (κ1) is 14.3. The van der Waals surface area contributed by atoms with Crippen LogP contribution in [0.3, 0.4) is 0 Å². The zero-order valence-corrected chi connectivity index (χ0v) is 11.4. The molecule has 5 nitrogen and oxygen atoms in total. The lowest BCUT2D eigenvalue weighted by atomic mass is 9.95. The first-order valence-corrected chi connectivity index (χ1v) is 7.39. The SMILES string of the molecule is O=C(O)CCN1CCC(C(=O)NC2CCCC2)CC1. The lowest BCUT2D eigenvalue weighted by molar-refractivity contribution is -0.137. The van der Waals surface area contributed by atoms with Gasteiger partial charge in [0.1, 0.15) is 0 Å². The van der Waals surface area contributed by atoms with Gasteiger partial charge in [-0.1, -0.05) is 12.8 Å². The zero-order chi connectivity index (χ0) is 13.7. The molecule has 1 aliphatic heterocycles. The van der Waals surface area contributed by atoms with E-state index >= 15 is 0 Å². The van der Waals surface area contributed by atoms with Crippen molar-refractivity contribution in [2.45, 2.75) is 51.0 Å². The molecule has 1 aliphatic carbocycles. The quantitative estimate of drug-likeness (QED) is 0.787. The predicted octanol–water partition coefficient (Wildman–Crippen LogP) is 1.23. The van der Waals surface area contributed by atoms with Crippen molar-refractivity contribution in [3.05, 3.63) is 0 Å². The molecule has 0 aromatic carbocycles. The van der Waals surface area contributed by atoms with Crippen molar-refractivity contribution in [1.29, 1.82) is 0 Å². The van der Waals surface area contributed by atoms with Crippen molar-refractivity contribution >= 4 is 11.9 Å². The Hall–Kier alpha value is -1.10. The zero-order valence-electron chi connectivity index (χ0n) is 11.4. The van der Waals surface area contributed by atoms with Crippen molar-refractivity contribution in [2.24, 2.45) is 5.92 Å². The topological polar surface area (TPSA) is 69.6 Å². The Labute approximate surface area is 114 Å². The first-order valence-electron chi connectivity index (χ1n) is 7.39. The van der Waals surface area contributed by atoms with E-state index in [0.29, 0.717) is 12.6 Å². The van der Waals surface area contributed by atoms with Gasteiger partial charge in [0.25, 0.3) is 0 Å². The lowest BCUT2D eigenvalue weighted by Crippen LogP contribution is -2.43. The van der Waals surface area contributed by atoms with Gasteiger partial charge in [-0.15, -0.1) is 0 Å². The molecule has 2 rings (SSSR count). The highest BCUT2D eigenvalue weighted by Crippen LogP contribution is 2.21. The summed E-state index contributed by atoms with van der Waals surface area (Å²) in [6, 6.07) is 0.400. The van der Waals surface area contributed by atoms with Crippen molar-refractivity contribution < 1.29 is 14.7 Å². The number of nitrogens with one attached hydrogen (secondary N) is 1. The standard InChI is InChI=1S/C14H24N2O3/c17-13(18)7-10-16-8-5-11(6-9-16)14(19)15-12-3-1-2-4-12/h11-12H,1-10H2,(H,15,19)(H,17,18). The van der Waals surface area contributed by atoms with Gasteiger partial charge in [0.2, 0.25) is 5.91 Å². The number of carbonyl (C=O) groups is 2. The molecule has 2 fully saturated rings. The Balaban J connectivity index is 1.67. The Morgan fingerprint density at radius 3 is 2.32 bits per heavy atom. The van der Waals surface area contributed by atoms with Gasteiger partial charge in [-0.2, -0.15) is 0 Å². The van der Waals surface area contributed by atoms with Crippen LogP contribution in [-0.4, -0.2) is 47.6 Å². The van der Waals surface area contributed by atoms with E-state index in [1.807, 2.05) is 0 Å². The molecule has 0 unspecified atom stereocenters. The van der Waals surface area contributed by atoms with E-state index in [1.54, 1.807) is 0 Å². The Morgan fingerprint density at radius 2 is 1.74 bits per heavy atom. The molecule has 0 spiro atoms. The smallest absolute Gasteiger partial charge is 0.304 e. The number of carboxylic acid groups (broad SMARTS) is 1. The van der Waals surface area contributed by atoms with Crippen LogP contribution >= 0.6 is 0 Å². The molecule has 0 atom stereocenters. The van der Waals surface area contributed by atoms with Crippen LogP contribution in [0.2, 0.25) is 0 Å². The highest BCUT2D eigenvalue weighted by molar-refractivity contribution is 5.79. The third-order valence-corrected chi connectivity index (χ3v) is 4.30. The van der Waals surface area contributed by atoms with Gasteiger partial charge < -0.3 is 15.3 Å². The number of piperidine rings is 1. The van der Waals surface area contributed by atoms with Crippen LogP contribution in [0.1, 0.15) is 44.9 Å². The van der Waals surface area contributed by atoms with Crippen molar-refractivity contribution in [2.75, 3.05) is 19.6 Å². The summed E-state index contributed by atoms with van der Waals surface area (Å²) in [6.45, 7) is 2.29. The molecule has 0 aromatic rings. The minimum Gasteiger partial charge on any atom is -0.481 e. The average molecular weight is 268 g/mol. The van der Waals surface area contributed by atoms with E-state index < -0.39 is 5.97 Å². The maximum atomic E-state index is 12.1. The number of rotatable bonds is 5. The monoisotopic (exact) mass is 268 g/mol. The fourth-order valence-electron chi connectivity index (χ4n) is 3.06. The second-order valence-electron chi connectivity index (χ2n) is 5.75. The molecule has 0 radical (unpaired) electrons. The van der Waals surface area contributed by atoms with Crippen LogP contribution in [0.15, 0.2) is 0 Å². The van der Waals surface area contributed by atoms with E-state index in [2.05, 4.69) is 10.2 Å². The molecular weight excluding hydrogens is 244 g/mol. The van der Waals surface area contributed by atoms with E-state index in [0.717, 1.165) is 38.8 Å². The minimum atomic E-state index is -0.749. The van der Waals surface area contributed by atoms with E-state index in [9.17, 15) is 9.59 Å². The van der Waals surface area contributed by atoms with E-state index in [4.69, 9.17) is 5.11 Å². The highest BCUT2D eigenvalue weighted by Gasteiger charge is 2.27. The second-order valence-corrected chi connectivity index (χ2v) is 5.75. The molecule has 1 amide bonds. The summed E-state index contributed by atoms with van der Waals surface area (Å²) < 4.78 is 0. The Kier molecular flexibility index (Phi) is 5.19. The fourth-order valence-corrected chi connectivity index (χ4v) is 3.06. The van der Waals surface area contributed by atoms with Gasteiger partial charge in [0, 0.05) is 18.5 Å². The Morgan fingerprint density at radius 1 is 1.11 bits per heavy atom. The number of aliphatic carboxylic acids is 1. The second kappa shape index (κ2) is 6.89. The van der Waals surface area contributed by atoms with Crippen molar-refractivity contribution in [3.8, 4) is 0 Å². The minimum absolute atomic E-state index is 0.127. The van der Waals surface area contributed by atoms with Crippen molar-refractivity contribution in [1.82, 2.24) is 10.2 Å². The number of carbonyl (C=O) groups excluding carboxylic acids is 1. The molecule has 1 saturated heterocycles. The summed E-state index contributed by atoms with van der Waals surface area (Å²) in [5.41, 5.74) is 0. The first-order chi connectivity index (χ1) is 9.15. The van der Waals surface area contributed by atoms with Crippen LogP contribution in [0.5, 0.6) is 0 Å². The molecule has 0 aromatic heterocycles. The van der Waals surface area contributed by atoms with Gasteiger partial charge in [-0.3, -0.25) is 9.59 Å². The summed E-state index contributed by atoms with van der Waals surface area (Å²) in [6.07, 6.45) is 6.64. The van der Waals surface area contributed by atoms with Crippen LogP contribution < -0.4 is 5.32 Å². The van der Waals surface area contributed by atoms with Gasteiger partial charge in [-0.25, -0.2) is 0 Å². The molecule has 2 N–H and O–H groups in total. The van der Waals surface area contributed by atoms with Gasteiger partial charge in [0.15, 0.2) is 0 Å². The fraction of sp³-hybridized carbons (Fsp3) is 0.857. The largest absolute Gasteiger partial charge is 0.481 e. The maximum absolute atomic E-state index is 12.1. The highest BCUT2D eigenvalue weighted by atomic mass is 16.4. The molecular formula is C14H24N2O3. The van der Waals surface area contributed by atoms with Gasteiger partial charge in [0.05, 0.1) is 6.42 Å². The van der Waals surface area contributed by atoms with Crippen LogP contribution in [-0.2, 0) is 9.59 Å². The number of amides is 1. The summed E-state index contributed by atoms with van der Waals surface area (Å²) in [5, 5.41) is 11.8. The molecule has 2 aliphatic rings. The third kappa shape index (κ3) is 4.49. The maximum Gasteiger partial charge on any atom is 0.304 e. The van der Waals surface area contributed by atoms with Gasteiger partial charge in [-0.05, 0) is 38.8 Å². The van der Waals surface area contributed by atoms with E-state index in [-0.39, 0.29) is 18.2 Å². The summed E-state index contributed by atoms with van der Waals surface area (Å²) in [5.74, 6) is -0.410. The number of carboxylic acids is 1. The summed E-state index contributed by atoms with van der Waals surface area (Å²) in [4.78, 5) is 24.8. The van der Waals surface area contributed by atoms with Crippen LogP contribution in [0.4, 0.5) is 0 Å². The third-order valence-electron chi connectivity index (χ3n) is 4.30. The van der Waals surface area contributed by atoms with Crippen LogP contribution in [0.25, 0.3) is 0 Å². The predicted molar refractivity (Wildman–Crippen MR) is 71.8 cm³/mol. The molecule has 1 heterocycles. The number of hydrogen-bond acceptors (Lipinski definition) is 3. The number of hydrogen-bond donors (Lipinski definition) is 2. The van der Waals surface area contributed by atoms with Crippen LogP contribution in [0, 0.1) is 5.92 Å². The van der Waals surface area contributed by atoms with E-state index in [1.165, 1.54) is 12.8 Å². The average Bonchev–Trinajstić information content (AvgIpc) is 2.89. The Bertz CT molecular complexity index is 319. The number of likely N-dealkylation sites (tertiary alicyclic amines) is 1. The molecule has 108 valence electrons. The normalized spacial score (nSPS) is 22.5.